The zero-order valence-electron chi connectivity index (χ0n) is 12.7. The first kappa shape index (κ1) is 15.3. The molecular formula is C17H23NO4. The largest absolute Gasteiger partial charge is 0.445 e. The number of hydrogen-bond acceptors (Lipinski definition) is 4. The van der Waals surface area contributed by atoms with E-state index >= 15 is 0 Å². The number of amides is 1. The van der Waals surface area contributed by atoms with E-state index in [-0.39, 0.29) is 30.8 Å². The number of rotatable bonds is 5. The van der Waals surface area contributed by atoms with Gasteiger partial charge in [0.05, 0.1) is 19.3 Å². The molecular weight excluding hydrogens is 282 g/mol. The Morgan fingerprint density at radius 2 is 2.18 bits per heavy atom. The summed E-state index contributed by atoms with van der Waals surface area (Å²) in [4.78, 5) is 14.0. The lowest BCUT2D eigenvalue weighted by Crippen LogP contribution is -2.48. The average Bonchev–Trinajstić information content (AvgIpc) is 3.37. The predicted molar refractivity (Wildman–Crippen MR) is 81.3 cm³/mol. The molecule has 2 aliphatic rings. The summed E-state index contributed by atoms with van der Waals surface area (Å²) in [6.07, 6.45) is 2.62. The summed E-state index contributed by atoms with van der Waals surface area (Å²) >= 11 is 0. The summed E-state index contributed by atoms with van der Waals surface area (Å²) < 4.78 is 10.7. The second kappa shape index (κ2) is 6.67. The van der Waals surface area contributed by atoms with Crippen LogP contribution in [-0.2, 0) is 16.1 Å². The lowest BCUT2D eigenvalue weighted by Gasteiger charge is -2.41. The highest BCUT2D eigenvalue weighted by Gasteiger charge is 2.42. The smallest absolute Gasteiger partial charge is 0.410 e. The van der Waals surface area contributed by atoms with Crippen LogP contribution in [0.4, 0.5) is 4.79 Å². The van der Waals surface area contributed by atoms with Crippen molar-refractivity contribution < 1.29 is 19.4 Å². The molecule has 0 radical (unpaired) electrons. The number of aliphatic hydroxyl groups excluding tert-OH is 1. The minimum absolute atomic E-state index is 0.0926. The fourth-order valence-corrected chi connectivity index (χ4v) is 3.20. The zero-order valence-corrected chi connectivity index (χ0v) is 12.7. The van der Waals surface area contributed by atoms with E-state index in [9.17, 15) is 9.90 Å². The first-order valence-corrected chi connectivity index (χ1v) is 7.89. The first-order chi connectivity index (χ1) is 10.7. The molecule has 2 saturated heterocycles. The van der Waals surface area contributed by atoms with Crippen LogP contribution in [0.5, 0.6) is 0 Å². The number of nitrogens with zero attached hydrogens (tertiary/aromatic N) is 1. The van der Waals surface area contributed by atoms with Crippen molar-refractivity contribution >= 4 is 6.09 Å². The fourth-order valence-electron chi connectivity index (χ4n) is 3.20. The molecule has 0 aliphatic carbocycles. The summed E-state index contributed by atoms with van der Waals surface area (Å²) in [5, 5.41) is 9.79. The summed E-state index contributed by atoms with van der Waals surface area (Å²) in [6.45, 7) is 2.40. The van der Waals surface area contributed by atoms with Gasteiger partial charge in [-0.2, -0.15) is 0 Å². The highest BCUT2D eigenvalue weighted by atomic mass is 16.6. The van der Waals surface area contributed by atoms with Gasteiger partial charge in [-0.3, -0.25) is 0 Å². The van der Waals surface area contributed by atoms with Crippen LogP contribution in [0.3, 0.4) is 0 Å². The summed E-state index contributed by atoms with van der Waals surface area (Å²) in [6, 6.07) is 9.66. The zero-order chi connectivity index (χ0) is 15.4. The molecule has 0 spiro atoms. The van der Waals surface area contributed by atoms with Crippen molar-refractivity contribution in [3.63, 3.8) is 0 Å². The fraction of sp³-hybridized carbons (Fsp3) is 0.588. The quantitative estimate of drug-likeness (QED) is 0.847. The van der Waals surface area contributed by atoms with Gasteiger partial charge >= 0.3 is 6.09 Å². The van der Waals surface area contributed by atoms with Crippen molar-refractivity contribution in [3.05, 3.63) is 35.9 Å². The second-order valence-corrected chi connectivity index (χ2v) is 6.38. The maximum absolute atomic E-state index is 12.3. The number of carbonyl (C=O) groups excluding carboxylic acids is 1. The number of carbonyl (C=O) groups is 1. The van der Waals surface area contributed by atoms with Gasteiger partial charge in [0.1, 0.15) is 6.61 Å². The monoisotopic (exact) mass is 305 g/mol. The van der Waals surface area contributed by atoms with Crippen molar-refractivity contribution in [2.75, 3.05) is 26.3 Å². The van der Waals surface area contributed by atoms with E-state index in [2.05, 4.69) is 0 Å². The third-order valence-corrected chi connectivity index (χ3v) is 4.52. The summed E-state index contributed by atoms with van der Waals surface area (Å²) in [5.41, 5.74) is 0.748. The third kappa shape index (κ3) is 3.78. The minimum Gasteiger partial charge on any atom is -0.445 e. The van der Waals surface area contributed by atoms with Crippen LogP contribution in [0.2, 0.25) is 0 Å². The van der Waals surface area contributed by atoms with E-state index in [1.165, 1.54) is 0 Å². The highest BCUT2D eigenvalue weighted by molar-refractivity contribution is 5.67. The molecule has 5 nitrogen and oxygen atoms in total. The number of ether oxygens (including phenoxy) is 2. The number of likely N-dealkylation sites (tertiary alicyclic amines) is 1. The van der Waals surface area contributed by atoms with E-state index in [1.54, 1.807) is 4.90 Å². The van der Waals surface area contributed by atoms with Crippen LogP contribution in [-0.4, -0.2) is 48.5 Å². The van der Waals surface area contributed by atoms with Crippen LogP contribution in [0.15, 0.2) is 30.3 Å². The maximum atomic E-state index is 12.3. The van der Waals surface area contributed by atoms with Gasteiger partial charge in [0.25, 0.3) is 0 Å². The molecule has 2 aliphatic heterocycles. The average molecular weight is 305 g/mol. The molecule has 0 aromatic heterocycles. The molecule has 2 fully saturated rings. The number of benzene rings is 1. The Morgan fingerprint density at radius 3 is 2.86 bits per heavy atom. The normalized spacial score (nSPS) is 27.5. The molecule has 1 amide bonds. The Labute approximate surface area is 130 Å². The van der Waals surface area contributed by atoms with E-state index in [1.807, 2.05) is 30.3 Å². The molecule has 0 bridgehead atoms. The molecule has 0 saturated carbocycles. The van der Waals surface area contributed by atoms with Crippen LogP contribution in [0.1, 0.15) is 24.8 Å². The maximum Gasteiger partial charge on any atom is 0.410 e. The van der Waals surface area contributed by atoms with Crippen molar-refractivity contribution in [2.24, 2.45) is 5.41 Å². The number of aliphatic hydroxyl groups is 1. The molecule has 2 heterocycles. The molecule has 5 heteroatoms. The van der Waals surface area contributed by atoms with Crippen LogP contribution in [0, 0.1) is 5.41 Å². The lowest BCUT2D eigenvalue weighted by molar-refractivity contribution is 0.0125. The van der Waals surface area contributed by atoms with Gasteiger partial charge < -0.3 is 19.5 Å². The van der Waals surface area contributed by atoms with Gasteiger partial charge in [0.2, 0.25) is 0 Å². The molecule has 1 N–H and O–H groups in total. The Hall–Kier alpha value is -1.59. The highest BCUT2D eigenvalue weighted by Crippen LogP contribution is 2.37. The van der Waals surface area contributed by atoms with E-state index in [0.717, 1.165) is 31.4 Å². The number of epoxide rings is 1. The molecule has 0 unspecified atom stereocenters. The Morgan fingerprint density at radius 1 is 1.41 bits per heavy atom. The molecule has 1 aromatic carbocycles. The standard InChI is InChI=1S/C17H23NO4/c19-13-17(9-15-11-21-15)7-4-8-18(12-17)16(20)22-10-14-5-2-1-3-6-14/h1-3,5-6,15,19H,4,7-13H2/t15-,17+/m1/s1. The van der Waals surface area contributed by atoms with Gasteiger partial charge in [0.15, 0.2) is 0 Å². The van der Waals surface area contributed by atoms with E-state index in [0.29, 0.717) is 13.1 Å². The molecule has 1 aromatic rings. The lowest BCUT2D eigenvalue weighted by atomic mass is 9.77. The minimum atomic E-state index is -0.293. The molecule has 2 atom stereocenters. The Balaban J connectivity index is 1.55. The van der Waals surface area contributed by atoms with Gasteiger partial charge in [-0.05, 0) is 24.8 Å². The van der Waals surface area contributed by atoms with Gasteiger partial charge in [0, 0.05) is 18.5 Å². The predicted octanol–water partition coefficient (Wildman–Crippen LogP) is 2.19. The Kier molecular flexibility index (Phi) is 4.64. The topological polar surface area (TPSA) is 62.3 Å². The third-order valence-electron chi connectivity index (χ3n) is 4.52. The van der Waals surface area contributed by atoms with Gasteiger partial charge in [-0.15, -0.1) is 0 Å². The Bertz CT molecular complexity index is 503. The van der Waals surface area contributed by atoms with Crippen LogP contribution >= 0.6 is 0 Å². The van der Waals surface area contributed by atoms with Gasteiger partial charge in [-0.25, -0.2) is 4.79 Å². The van der Waals surface area contributed by atoms with Crippen LogP contribution in [0.25, 0.3) is 0 Å². The second-order valence-electron chi connectivity index (χ2n) is 6.38. The van der Waals surface area contributed by atoms with Crippen molar-refractivity contribution in [3.8, 4) is 0 Å². The van der Waals surface area contributed by atoms with Crippen molar-refractivity contribution in [2.45, 2.75) is 32.0 Å². The van der Waals surface area contributed by atoms with E-state index in [4.69, 9.17) is 9.47 Å². The summed E-state index contributed by atoms with van der Waals surface area (Å²) in [7, 11) is 0. The van der Waals surface area contributed by atoms with E-state index < -0.39 is 0 Å². The first-order valence-electron chi connectivity index (χ1n) is 7.89. The molecule has 3 rings (SSSR count). The number of hydrogen-bond donors (Lipinski definition) is 1. The molecule has 120 valence electrons. The SMILES string of the molecule is O=C(OCc1ccccc1)N1CCC[C@](CO)(C[C@@H]2CO2)C1. The van der Waals surface area contributed by atoms with Gasteiger partial charge in [-0.1, -0.05) is 30.3 Å². The number of piperidine rings is 1. The van der Waals surface area contributed by atoms with Crippen LogP contribution < -0.4 is 0 Å². The van der Waals surface area contributed by atoms with Crippen molar-refractivity contribution in [1.29, 1.82) is 0 Å². The summed E-state index contributed by atoms with van der Waals surface area (Å²) in [5.74, 6) is 0. The molecule has 22 heavy (non-hydrogen) atoms. The van der Waals surface area contributed by atoms with Crippen molar-refractivity contribution in [1.82, 2.24) is 4.90 Å².